The van der Waals surface area contributed by atoms with Gasteiger partial charge in [0.2, 0.25) is 5.75 Å². The van der Waals surface area contributed by atoms with Gasteiger partial charge in [0.15, 0.2) is 5.82 Å². The zero-order chi connectivity index (χ0) is 14.7. The molecular formula is C13H16N4O3. The third-order valence-corrected chi connectivity index (χ3v) is 2.81. The van der Waals surface area contributed by atoms with Crippen LogP contribution in [-0.4, -0.2) is 26.8 Å². The Bertz CT molecular complexity index is 622. The molecule has 0 saturated heterocycles. The highest BCUT2D eigenvalue weighted by Gasteiger charge is 2.22. The number of nitro groups is 1. The minimum atomic E-state index is -0.467. The van der Waals surface area contributed by atoms with E-state index in [0.29, 0.717) is 17.3 Å². The molecule has 1 aromatic carbocycles. The summed E-state index contributed by atoms with van der Waals surface area (Å²) in [6, 6.07) is 4.77. The van der Waals surface area contributed by atoms with E-state index in [2.05, 4.69) is 24.0 Å². The highest BCUT2D eigenvalue weighted by atomic mass is 16.6. The van der Waals surface area contributed by atoms with Crippen LogP contribution in [0.5, 0.6) is 5.75 Å². The zero-order valence-corrected chi connectivity index (χ0v) is 11.6. The van der Waals surface area contributed by atoms with Crippen LogP contribution < -0.4 is 4.74 Å². The van der Waals surface area contributed by atoms with Crippen LogP contribution in [0.1, 0.15) is 13.8 Å². The number of benzene rings is 1. The monoisotopic (exact) mass is 276 g/mol. The van der Waals surface area contributed by atoms with Gasteiger partial charge in [-0.1, -0.05) is 19.9 Å². The van der Waals surface area contributed by atoms with Crippen LogP contribution in [-0.2, 0) is 6.54 Å². The van der Waals surface area contributed by atoms with E-state index in [1.54, 1.807) is 18.5 Å². The molecule has 20 heavy (non-hydrogen) atoms. The van der Waals surface area contributed by atoms with E-state index < -0.39 is 4.92 Å². The number of nitro benzene ring substituents is 1. The average Bonchev–Trinajstić information content (AvgIpc) is 2.84. The quantitative estimate of drug-likeness (QED) is 0.619. The smallest absolute Gasteiger partial charge is 0.311 e. The molecule has 0 fully saturated rings. The number of para-hydroxylation sites is 1. The zero-order valence-electron chi connectivity index (χ0n) is 11.6. The highest BCUT2D eigenvalue weighted by molar-refractivity contribution is 5.71. The molecule has 2 rings (SSSR count). The summed E-state index contributed by atoms with van der Waals surface area (Å²) in [6.07, 6.45) is 1.62. The van der Waals surface area contributed by atoms with E-state index in [0.717, 1.165) is 6.54 Å². The number of aromatic nitrogens is 3. The van der Waals surface area contributed by atoms with Crippen LogP contribution in [0.25, 0.3) is 11.4 Å². The Morgan fingerprint density at radius 1 is 1.45 bits per heavy atom. The molecule has 0 spiro atoms. The molecule has 0 atom stereocenters. The van der Waals surface area contributed by atoms with Gasteiger partial charge in [-0.2, -0.15) is 0 Å². The first-order valence-electron chi connectivity index (χ1n) is 6.24. The van der Waals surface area contributed by atoms with Crippen molar-refractivity contribution in [1.29, 1.82) is 0 Å². The number of ether oxygens (including phenoxy) is 1. The normalized spacial score (nSPS) is 10.8. The lowest BCUT2D eigenvalue weighted by Gasteiger charge is -2.11. The van der Waals surface area contributed by atoms with E-state index >= 15 is 0 Å². The van der Waals surface area contributed by atoms with Gasteiger partial charge < -0.3 is 9.30 Å². The molecule has 7 nitrogen and oxygen atoms in total. The van der Waals surface area contributed by atoms with Crippen LogP contribution >= 0.6 is 0 Å². The van der Waals surface area contributed by atoms with Gasteiger partial charge in [0.05, 0.1) is 17.6 Å². The maximum absolute atomic E-state index is 11.0. The minimum Gasteiger partial charge on any atom is -0.490 e. The van der Waals surface area contributed by atoms with Crippen molar-refractivity contribution < 1.29 is 9.66 Å². The second-order valence-corrected chi connectivity index (χ2v) is 4.82. The summed E-state index contributed by atoms with van der Waals surface area (Å²) in [5.74, 6) is 1.18. The Morgan fingerprint density at radius 2 is 2.20 bits per heavy atom. The molecule has 0 unspecified atom stereocenters. The molecule has 0 bridgehead atoms. The molecule has 7 heteroatoms. The number of hydrogen-bond acceptors (Lipinski definition) is 5. The Hall–Kier alpha value is -2.44. The Morgan fingerprint density at radius 3 is 2.80 bits per heavy atom. The van der Waals surface area contributed by atoms with E-state index in [-0.39, 0.29) is 11.4 Å². The largest absolute Gasteiger partial charge is 0.490 e. The molecule has 0 aliphatic carbocycles. The molecule has 2 aromatic rings. The van der Waals surface area contributed by atoms with Crippen LogP contribution in [0.3, 0.4) is 0 Å². The fourth-order valence-corrected chi connectivity index (χ4v) is 2.05. The fourth-order valence-electron chi connectivity index (χ4n) is 2.05. The SMILES string of the molecule is COc1c(-c2nncn2CC(C)C)cccc1[N+](=O)[O-]. The highest BCUT2D eigenvalue weighted by Crippen LogP contribution is 2.36. The molecule has 0 amide bonds. The van der Waals surface area contributed by atoms with Gasteiger partial charge >= 0.3 is 5.69 Å². The van der Waals surface area contributed by atoms with Gasteiger partial charge in [0, 0.05) is 12.6 Å². The van der Waals surface area contributed by atoms with Gasteiger partial charge in [-0.25, -0.2) is 0 Å². The van der Waals surface area contributed by atoms with Crippen molar-refractivity contribution in [3.63, 3.8) is 0 Å². The third-order valence-electron chi connectivity index (χ3n) is 2.81. The van der Waals surface area contributed by atoms with Gasteiger partial charge in [-0.3, -0.25) is 10.1 Å². The van der Waals surface area contributed by atoms with Crippen LogP contribution in [0, 0.1) is 16.0 Å². The third kappa shape index (κ3) is 2.61. The van der Waals surface area contributed by atoms with Crippen molar-refractivity contribution in [1.82, 2.24) is 14.8 Å². The lowest BCUT2D eigenvalue weighted by Crippen LogP contribution is -2.06. The average molecular weight is 276 g/mol. The van der Waals surface area contributed by atoms with Gasteiger partial charge in [-0.05, 0) is 12.0 Å². The summed E-state index contributed by atoms with van der Waals surface area (Å²) in [7, 11) is 1.41. The van der Waals surface area contributed by atoms with Crippen molar-refractivity contribution in [3.05, 3.63) is 34.6 Å². The Kier molecular flexibility index (Phi) is 3.97. The number of hydrogen-bond donors (Lipinski definition) is 0. The van der Waals surface area contributed by atoms with E-state index in [1.807, 2.05) is 4.57 Å². The lowest BCUT2D eigenvalue weighted by molar-refractivity contribution is -0.385. The van der Waals surface area contributed by atoms with Crippen LogP contribution in [0.15, 0.2) is 24.5 Å². The molecule has 0 N–H and O–H groups in total. The molecule has 1 heterocycles. The molecule has 106 valence electrons. The number of rotatable bonds is 5. The van der Waals surface area contributed by atoms with Crippen LogP contribution in [0.4, 0.5) is 5.69 Å². The van der Waals surface area contributed by atoms with E-state index in [1.165, 1.54) is 13.2 Å². The Balaban J connectivity index is 2.56. The molecule has 0 aliphatic heterocycles. The topological polar surface area (TPSA) is 83.1 Å². The van der Waals surface area contributed by atoms with Gasteiger partial charge in [0.25, 0.3) is 0 Å². The maximum Gasteiger partial charge on any atom is 0.311 e. The van der Waals surface area contributed by atoms with Crippen molar-refractivity contribution in [2.75, 3.05) is 7.11 Å². The van der Waals surface area contributed by atoms with E-state index in [9.17, 15) is 10.1 Å². The van der Waals surface area contributed by atoms with Crippen LogP contribution in [0.2, 0.25) is 0 Å². The van der Waals surface area contributed by atoms with Gasteiger partial charge in [0.1, 0.15) is 6.33 Å². The first-order chi connectivity index (χ1) is 9.54. The summed E-state index contributed by atoms with van der Waals surface area (Å²) in [5, 5.41) is 19.0. The molecule has 0 saturated carbocycles. The summed E-state index contributed by atoms with van der Waals surface area (Å²) >= 11 is 0. The van der Waals surface area contributed by atoms with E-state index in [4.69, 9.17) is 4.74 Å². The number of nitrogens with zero attached hydrogens (tertiary/aromatic N) is 4. The predicted octanol–water partition coefficient (Wildman–Crippen LogP) is 2.52. The summed E-state index contributed by atoms with van der Waals surface area (Å²) in [6.45, 7) is 4.89. The second kappa shape index (κ2) is 5.68. The first kappa shape index (κ1) is 14.0. The summed E-state index contributed by atoms with van der Waals surface area (Å²) in [5.41, 5.74) is 0.490. The fraction of sp³-hybridized carbons (Fsp3) is 0.385. The minimum absolute atomic E-state index is 0.0795. The summed E-state index contributed by atoms with van der Waals surface area (Å²) in [4.78, 5) is 10.6. The first-order valence-corrected chi connectivity index (χ1v) is 6.24. The lowest BCUT2D eigenvalue weighted by atomic mass is 10.1. The standard InChI is InChI=1S/C13H16N4O3/c1-9(2)7-16-8-14-15-13(16)10-5-4-6-11(17(18)19)12(10)20-3/h4-6,8-9H,7H2,1-3H3. The molecule has 1 aromatic heterocycles. The van der Waals surface area contributed by atoms with Crippen molar-refractivity contribution in [2.45, 2.75) is 20.4 Å². The second-order valence-electron chi connectivity index (χ2n) is 4.82. The maximum atomic E-state index is 11.0. The summed E-state index contributed by atoms with van der Waals surface area (Å²) < 4.78 is 7.07. The predicted molar refractivity (Wildman–Crippen MR) is 73.5 cm³/mol. The molecule has 0 aliphatic rings. The van der Waals surface area contributed by atoms with Crippen molar-refractivity contribution in [3.8, 4) is 17.1 Å². The van der Waals surface area contributed by atoms with Crippen molar-refractivity contribution in [2.24, 2.45) is 5.92 Å². The van der Waals surface area contributed by atoms with Crippen molar-refractivity contribution >= 4 is 5.69 Å². The molecular weight excluding hydrogens is 260 g/mol. The molecule has 0 radical (unpaired) electrons. The Labute approximate surface area is 116 Å². The van der Waals surface area contributed by atoms with Gasteiger partial charge in [-0.15, -0.1) is 10.2 Å². The number of methoxy groups -OCH3 is 1.